The molecule has 0 spiro atoms. The maximum Gasteiger partial charge on any atom is 0.146 e. The van der Waals surface area contributed by atoms with Crippen LogP contribution in [0.3, 0.4) is 0 Å². The highest BCUT2D eigenvalue weighted by molar-refractivity contribution is 6.26. The summed E-state index contributed by atoms with van der Waals surface area (Å²) in [4.78, 5) is 0. The summed E-state index contributed by atoms with van der Waals surface area (Å²) in [5.74, 6) is 0. The summed E-state index contributed by atoms with van der Waals surface area (Å²) in [5.41, 5.74) is 10.8. The van der Waals surface area contributed by atoms with E-state index in [-0.39, 0.29) is 0 Å². The minimum atomic E-state index is 0.837. The fraction of sp³-hybridized carbons (Fsp3) is 0. The first-order valence-corrected chi connectivity index (χ1v) is 16.7. The van der Waals surface area contributed by atoms with E-state index in [1.165, 1.54) is 60.0 Å². The Kier molecular flexibility index (Phi) is 5.38. The number of fused-ring (bicyclic) bond motifs is 10. The molecule has 0 amide bonds. The number of para-hydroxylation sites is 3. The Morgan fingerprint density at radius 3 is 1.78 bits per heavy atom. The molecule has 0 N–H and O–H groups in total. The van der Waals surface area contributed by atoms with Crippen molar-refractivity contribution >= 4 is 76.3 Å². The molecule has 0 fully saturated rings. The van der Waals surface area contributed by atoms with Crippen molar-refractivity contribution in [3.8, 4) is 27.9 Å². The molecule has 11 aromatic rings. The van der Waals surface area contributed by atoms with Crippen molar-refractivity contribution in [2.24, 2.45) is 0 Å². The number of aromatic nitrogens is 1. The summed E-state index contributed by atoms with van der Waals surface area (Å²) in [6.07, 6.45) is 1.93. The van der Waals surface area contributed by atoms with Crippen molar-refractivity contribution in [1.82, 2.24) is 4.57 Å². The number of hydrogen-bond donors (Lipinski definition) is 0. The number of benzene rings is 8. The average Bonchev–Trinajstić information content (AvgIpc) is 3.85. The van der Waals surface area contributed by atoms with Gasteiger partial charge in [0.2, 0.25) is 0 Å². The van der Waals surface area contributed by atoms with Gasteiger partial charge in [-0.15, -0.1) is 0 Å². The van der Waals surface area contributed by atoms with Crippen molar-refractivity contribution in [3.05, 3.63) is 164 Å². The first-order chi connectivity index (χ1) is 24.3. The molecule has 11 rings (SSSR count). The molecule has 8 aromatic carbocycles. The molecule has 49 heavy (non-hydrogen) atoms. The van der Waals surface area contributed by atoms with Crippen LogP contribution in [-0.4, -0.2) is 4.57 Å². The van der Waals surface area contributed by atoms with Crippen molar-refractivity contribution in [1.29, 1.82) is 0 Å². The van der Waals surface area contributed by atoms with Crippen LogP contribution in [0.4, 0.5) is 0 Å². The molecule has 0 saturated carbocycles. The van der Waals surface area contributed by atoms with Gasteiger partial charge in [-0.1, -0.05) is 109 Å². The van der Waals surface area contributed by atoms with Crippen LogP contribution in [0.25, 0.3) is 104 Å². The molecule has 0 radical (unpaired) electrons. The van der Waals surface area contributed by atoms with Crippen molar-refractivity contribution in [3.63, 3.8) is 0 Å². The highest BCUT2D eigenvalue weighted by atomic mass is 16.3. The largest absolute Gasteiger partial charge is 0.463 e. The lowest BCUT2D eigenvalue weighted by atomic mass is 9.85. The van der Waals surface area contributed by atoms with E-state index in [0.29, 0.717) is 0 Å². The average molecular weight is 626 g/mol. The minimum Gasteiger partial charge on any atom is -0.463 e. The second kappa shape index (κ2) is 9.96. The quantitative estimate of drug-likeness (QED) is 0.183. The Labute approximate surface area is 280 Å². The Hall–Kier alpha value is -6.58. The van der Waals surface area contributed by atoms with E-state index in [1.807, 2.05) is 18.4 Å². The summed E-state index contributed by atoms with van der Waals surface area (Å²) >= 11 is 0. The summed E-state index contributed by atoms with van der Waals surface area (Å²) in [5, 5.41) is 10.5. The summed E-state index contributed by atoms with van der Waals surface area (Å²) in [6.45, 7) is 0. The molecule has 0 bridgehead atoms. The highest BCUT2D eigenvalue weighted by Crippen LogP contribution is 2.48. The molecule has 0 unspecified atom stereocenters. The second-order valence-electron chi connectivity index (χ2n) is 12.8. The number of hydrogen-bond acceptors (Lipinski definition) is 2. The van der Waals surface area contributed by atoms with Crippen LogP contribution >= 0.6 is 0 Å². The maximum atomic E-state index is 6.46. The van der Waals surface area contributed by atoms with Crippen LogP contribution in [0, 0.1) is 0 Å². The van der Waals surface area contributed by atoms with Gasteiger partial charge in [-0.25, -0.2) is 0 Å². The molecule has 228 valence electrons. The van der Waals surface area contributed by atoms with E-state index in [2.05, 4.69) is 150 Å². The third-order valence-corrected chi connectivity index (χ3v) is 10.3. The van der Waals surface area contributed by atoms with Gasteiger partial charge in [-0.05, 0) is 81.2 Å². The van der Waals surface area contributed by atoms with Gasteiger partial charge in [-0.2, -0.15) is 0 Å². The Morgan fingerprint density at radius 1 is 0.408 bits per heavy atom. The fourth-order valence-electron chi connectivity index (χ4n) is 8.21. The zero-order chi connectivity index (χ0) is 32.1. The van der Waals surface area contributed by atoms with E-state index < -0.39 is 0 Å². The third kappa shape index (κ3) is 3.67. The maximum absolute atomic E-state index is 6.46. The van der Waals surface area contributed by atoms with Crippen LogP contribution in [0.1, 0.15) is 0 Å². The van der Waals surface area contributed by atoms with E-state index in [4.69, 9.17) is 8.83 Å². The predicted octanol–water partition coefficient (Wildman–Crippen LogP) is 13.1. The van der Waals surface area contributed by atoms with Gasteiger partial charge in [0.1, 0.15) is 16.7 Å². The van der Waals surface area contributed by atoms with Crippen molar-refractivity contribution in [2.75, 3.05) is 0 Å². The van der Waals surface area contributed by atoms with Crippen molar-refractivity contribution in [2.45, 2.75) is 0 Å². The Bertz CT molecular complexity index is 3050. The van der Waals surface area contributed by atoms with Crippen LogP contribution < -0.4 is 0 Å². The first kappa shape index (κ1) is 26.5. The van der Waals surface area contributed by atoms with Gasteiger partial charge in [0, 0.05) is 38.4 Å². The third-order valence-electron chi connectivity index (χ3n) is 10.3. The molecule has 3 heteroatoms. The SMILES string of the molecule is c1ccc(-n2c3ccccc3c3cc(-c4c5ccccc5c(-c5coc6c5ccc5oc7ccccc7c56)c5ccccc45)ccc32)cc1. The Balaban J connectivity index is 1.21. The lowest BCUT2D eigenvalue weighted by Crippen LogP contribution is -1.93. The molecular weight excluding hydrogens is 599 g/mol. The molecular formula is C46H27NO2. The lowest BCUT2D eigenvalue weighted by molar-refractivity contribution is 0.619. The topological polar surface area (TPSA) is 31.2 Å². The van der Waals surface area contributed by atoms with Crippen LogP contribution in [0.15, 0.2) is 173 Å². The zero-order valence-corrected chi connectivity index (χ0v) is 26.4. The summed E-state index contributed by atoms with van der Waals surface area (Å²) in [7, 11) is 0. The van der Waals surface area contributed by atoms with Gasteiger partial charge in [0.25, 0.3) is 0 Å². The van der Waals surface area contributed by atoms with Gasteiger partial charge in [0.15, 0.2) is 0 Å². The van der Waals surface area contributed by atoms with Gasteiger partial charge in [-0.3, -0.25) is 0 Å². The molecule has 0 atom stereocenters. The monoisotopic (exact) mass is 625 g/mol. The smallest absolute Gasteiger partial charge is 0.146 e. The molecule has 3 aromatic heterocycles. The predicted molar refractivity (Wildman–Crippen MR) is 204 cm³/mol. The fourth-order valence-corrected chi connectivity index (χ4v) is 8.21. The molecule has 3 heterocycles. The van der Waals surface area contributed by atoms with Crippen LogP contribution in [0.2, 0.25) is 0 Å². The van der Waals surface area contributed by atoms with Gasteiger partial charge in [0.05, 0.1) is 22.7 Å². The molecule has 3 nitrogen and oxygen atoms in total. The number of nitrogens with zero attached hydrogens (tertiary/aromatic N) is 1. The molecule has 0 aliphatic rings. The van der Waals surface area contributed by atoms with Crippen molar-refractivity contribution < 1.29 is 8.83 Å². The van der Waals surface area contributed by atoms with Gasteiger partial charge >= 0.3 is 0 Å². The van der Waals surface area contributed by atoms with Gasteiger partial charge < -0.3 is 13.4 Å². The minimum absolute atomic E-state index is 0.837. The van der Waals surface area contributed by atoms with Crippen LogP contribution in [0.5, 0.6) is 0 Å². The first-order valence-electron chi connectivity index (χ1n) is 16.7. The summed E-state index contributed by atoms with van der Waals surface area (Å²) in [6, 6.07) is 56.4. The number of rotatable bonds is 3. The Morgan fingerprint density at radius 2 is 1.02 bits per heavy atom. The zero-order valence-electron chi connectivity index (χ0n) is 26.4. The van der Waals surface area contributed by atoms with Crippen LogP contribution in [-0.2, 0) is 0 Å². The second-order valence-corrected chi connectivity index (χ2v) is 12.8. The standard InChI is InChI=1S/C46H27NO2/c1-2-12-29(13-3-1)47-39-20-10-8-14-30(39)37-26-28(22-24-40(37)47)43-31-15-4-6-17-33(31)44(34-18-7-5-16-32(34)43)38-27-48-46-35(38)23-25-42-45(46)36-19-9-11-21-41(36)49-42/h1-27H. The lowest BCUT2D eigenvalue weighted by Gasteiger charge is -2.17. The van der Waals surface area contributed by atoms with E-state index in [9.17, 15) is 0 Å². The molecule has 0 aliphatic carbocycles. The summed E-state index contributed by atoms with van der Waals surface area (Å²) < 4.78 is 15.0. The number of furan rings is 2. The van der Waals surface area contributed by atoms with E-state index >= 15 is 0 Å². The normalized spacial score (nSPS) is 12.1. The van der Waals surface area contributed by atoms with E-state index in [1.54, 1.807) is 0 Å². The highest BCUT2D eigenvalue weighted by Gasteiger charge is 2.22. The van der Waals surface area contributed by atoms with E-state index in [0.717, 1.165) is 44.2 Å². The molecule has 0 aliphatic heterocycles. The molecule has 0 saturated heterocycles.